The number of nitrogens with zero attached hydrogens (tertiary/aromatic N) is 3. The summed E-state index contributed by atoms with van der Waals surface area (Å²) < 4.78 is 0. The van der Waals surface area contributed by atoms with E-state index >= 15 is 0 Å². The van der Waals surface area contributed by atoms with E-state index in [4.69, 9.17) is 5.73 Å². The molecule has 0 radical (unpaired) electrons. The largest absolute Gasteiger partial charge is 0.349 e. The predicted octanol–water partition coefficient (Wildman–Crippen LogP) is 1.31. The van der Waals surface area contributed by atoms with Gasteiger partial charge in [-0.3, -0.25) is 0 Å². The average molecular weight is 256 g/mol. The maximum Gasteiger partial charge on any atom is 0.136 e. The first-order chi connectivity index (χ1) is 9.29. The van der Waals surface area contributed by atoms with Crippen molar-refractivity contribution in [1.82, 2.24) is 9.88 Å². The zero-order valence-corrected chi connectivity index (χ0v) is 11.3. The molecule has 1 aliphatic heterocycles. The highest BCUT2D eigenvalue weighted by molar-refractivity contribution is 5.92. The second-order valence-corrected chi connectivity index (χ2v) is 5.20. The average Bonchev–Trinajstić information content (AvgIpc) is 2.46. The summed E-state index contributed by atoms with van der Waals surface area (Å²) in [5.41, 5.74) is 5.94. The number of hydrogen-bond donors (Lipinski definition) is 1. The molecule has 0 aliphatic carbocycles. The molecule has 1 aromatic carbocycles. The fraction of sp³-hybridized carbons (Fsp3) is 0.400. The summed E-state index contributed by atoms with van der Waals surface area (Å²) in [6.07, 6.45) is 1.89. The summed E-state index contributed by atoms with van der Waals surface area (Å²) in [5, 5.41) is 2.45. The zero-order valence-electron chi connectivity index (χ0n) is 11.3. The third-order valence-electron chi connectivity index (χ3n) is 3.88. The molecule has 100 valence electrons. The lowest BCUT2D eigenvalue weighted by atomic mass is 10.1. The first-order valence-electron chi connectivity index (χ1n) is 6.78. The van der Waals surface area contributed by atoms with E-state index < -0.39 is 0 Å². The van der Waals surface area contributed by atoms with Crippen LogP contribution in [0, 0.1) is 0 Å². The topological polar surface area (TPSA) is 45.4 Å². The molecule has 2 heterocycles. The molecule has 1 saturated heterocycles. The summed E-state index contributed by atoms with van der Waals surface area (Å²) in [4.78, 5) is 9.30. The number of nitrogens with two attached hydrogens (primary N) is 1. The highest BCUT2D eigenvalue weighted by Crippen LogP contribution is 2.26. The van der Waals surface area contributed by atoms with E-state index in [0.717, 1.165) is 25.5 Å². The van der Waals surface area contributed by atoms with Gasteiger partial charge >= 0.3 is 0 Å². The summed E-state index contributed by atoms with van der Waals surface area (Å²) >= 11 is 0. The van der Waals surface area contributed by atoms with Crippen molar-refractivity contribution in [2.24, 2.45) is 5.73 Å². The number of hydrogen-bond acceptors (Lipinski definition) is 4. The third-order valence-corrected chi connectivity index (χ3v) is 3.88. The Kier molecular flexibility index (Phi) is 3.36. The van der Waals surface area contributed by atoms with E-state index in [0.29, 0.717) is 12.6 Å². The molecule has 1 fully saturated rings. The van der Waals surface area contributed by atoms with Gasteiger partial charge in [0.2, 0.25) is 0 Å². The van der Waals surface area contributed by atoms with Crippen molar-refractivity contribution in [2.75, 3.05) is 38.1 Å². The number of rotatable bonds is 2. The van der Waals surface area contributed by atoms with Crippen LogP contribution in [0.25, 0.3) is 10.8 Å². The summed E-state index contributed by atoms with van der Waals surface area (Å²) in [6, 6.07) is 10.8. The van der Waals surface area contributed by atoms with Crippen molar-refractivity contribution in [2.45, 2.75) is 6.04 Å². The molecular weight excluding hydrogens is 236 g/mol. The monoisotopic (exact) mass is 256 g/mol. The normalized spacial score (nSPS) is 20.9. The van der Waals surface area contributed by atoms with Crippen LogP contribution < -0.4 is 10.6 Å². The highest BCUT2D eigenvalue weighted by atomic mass is 15.3. The molecule has 2 aromatic rings. The predicted molar refractivity (Wildman–Crippen MR) is 79.4 cm³/mol. The smallest absolute Gasteiger partial charge is 0.136 e. The molecule has 3 rings (SSSR count). The van der Waals surface area contributed by atoms with E-state index in [9.17, 15) is 0 Å². The van der Waals surface area contributed by atoms with Gasteiger partial charge in [-0.2, -0.15) is 0 Å². The van der Waals surface area contributed by atoms with Crippen LogP contribution >= 0.6 is 0 Å². The molecule has 19 heavy (non-hydrogen) atoms. The van der Waals surface area contributed by atoms with Crippen molar-refractivity contribution in [3.05, 3.63) is 36.5 Å². The first kappa shape index (κ1) is 12.4. The standard InChI is InChI=1S/C15H20N4/c1-18-8-9-19(13(10-16)11-18)15-14-5-3-2-4-12(14)6-7-17-15/h2-7,13H,8-11,16H2,1H3. The van der Waals surface area contributed by atoms with Gasteiger partial charge < -0.3 is 15.5 Å². The van der Waals surface area contributed by atoms with Gasteiger partial charge in [0.05, 0.1) is 6.04 Å². The van der Waals surface area contributed by atoms with E-state index in [1.54, 1.807) is 0 Å². The lowest BCUT2D eigenvalue weighted by Gasteiger charge is -2.40. The SMILES string of the molecule is CN1CCN(c2nccc3ccccc23)C(CN)C1. The minimum absolute atomic E-state index is 0.344. The molecule has 1 atom stereocenters. The molecular formula is C15H20N4. The minimum Gasteiger partial charge on any atom is -0.349 e. The Hall–Kier alpha value is -1.65. The molecule has 1 aliphatic rings. The van der Waals surface area contributed by atoms with E-state index in [1.807, 2.05) is 6.20 Å². The van der Waals surface area contributed by atoms with E-state index in [2.05, 4.69) is 52.2 Å². The number of benzene rings is 1. The second-order valence-electron chi connectivity index (χ2n) is 5.20. The van der Waals surface area contributed by atoms with Crippen LogP contribution in [-0.2, 0) is 0 Å². The number of fused-ring (bicyclic) bond motifs is 1. The fourth-order valence-electron chi connectivity index (χ4n) is 2.82. The van der Waals surface area contributed by atoms with Crippen LogP contribution in [0.3, 0.4) is 0 Å². The Labute approximate surface area is 113 Å². The number of aromatic nitrogens is 1. The highest BCUT2D eigenvalue weighted by Gasteiger charge is 2.26. The van der Waals surface area contributed by atoms with Crippen LogP contribution in [-0.4, -0.2) is 49.2 Å². The zero-order chi connectivity index (χ0) is 13.2. The summed E-state index contributed by atoms with van der Waals surface area (Å²) in [7, 11) is 2.15. The van der Waals surface area contributed by atoms with Gasteiger partial charge in [-0.15, -0.1) is 0 Å². The van der Waals surface area contributed by atoms with Crippen LogP contribution in [0.5, 0.6) is 0 Å². The Balaban J connectivity index is 2.03. The Morgan fingerprint density at radius 3 is 2.95 bits per heavy atom. The lowest BCUT2D eigenvalue weighted by molar-refractivity contribution is 0.269. The Bertz CT molecular complexity index is 564. The molecule has 1 unspecified atom stereocenters. The maximum absolute atomic E-state index is 5.94. The van der Waals surface area contributed by atoms with Crippen LogP contribution in [0.1, 0.15) is 0 Å². The molecule has 0 spiro atoms. The van der Waals surface area contributed by atoms with Gasteiger partial charge in [0.15, 0.2) is 0 Å². The minimum atomic E-state index is 0.344. The van der Waals surface area contributed by atoms with E-state index in [-0.39, 0.29) is 0 Å². The molecule has 2 N–H and O–H groups in total. The quantitative estimate of drug-likeness (QED) is 0.880. The molecule has 4 heteroatoms. The van der Waals surface area contributed by atoms with Crippen molar-refractivity contribution in [3.63, 3.8) is 0 Å². The number of pyridine rings is 1. The Morgan fingerprint density at radius 1 is 1.26 bits per heavy atom. The number of likely N-dealkylation sites (N-methyl/N-ethyl adjacent to an activating group) is 1. The molecule has 4 nitrogen and oxygen atoms in total. The van der Waals surface area contributed by atoms with Crippen molar-refractivity contribution < 1.29 is 0 Å². The molecule has 0 bridgehead atoms. The van der Waals surface area contributed by atoms with Gasteiger partial charge in [-0.1, -0.05) is 24.3 Å². The van der Waals surface area contributed by atoms with Gasteiger partial charge in [0.1, 0.15) is 5.82 Å². The van der Waals surface area contributed by atoms with Crippen LogP contribution in [0.15, 0.2) is 36.5 Å². The fourth-order valence-corrected chi connectivity index (χ4v) is 2.82. The van der Waals surface area contributed by atoms with Gasteiger partial charge in [0, 0.05) is 37.8 Å². The first-order valence-corrected chi connectivity index (χ1v) is 6.78. The van der Waals surface area contributed by atoms with Crippen molar-refractivity contribution >= 4 is 16.6 Å². The van der Waals surface area contributed by atoms with E-state index in [1.165, 1.54) is 10.8 Å². The Morgan fingerprint density at radius 2 is 2.11 bits per heavy atom. The molecule has 1 aromatic heterocycles. The van der Waals surface area contributed by atoms with Gasteiger partial charge in [-0.05, 0) is 18.5 Å². The summed E-state index contributed by atoms with van der Waals surface area (Å²) in [6.45, 7) is 3.71. The second kappa shape index (κ2) is 5.15. The molecule has 0 amide bonds. The number of piperazine rings is 1. The van der Waals surface area contributed by atoms with Crippen molar-refractivity contribution in [3.8, 4) is 0 Å². The lowest BCUT2D eigenvalue weighted by Crippen LogP contribution is -2.55. The number of anilines is 1. The van der Waals surface area contributed by atoms with Crippen molar-refractivity contribution in [1.29, 1.82) is 0 Å². The van der Waals surface area contributed by atoms with Crippen LogP contribution in [0.2, 0.25) is 0 Å². The van der Waals surface area contributed by atoms with Gasteiger partial charge in [-0.25, -0.2) is 4.98 Å². The summed E-state index contributed by atoms with van der Waals surface area (Å²) in [5.74, 6) is 1.07. The van der Waals surface area contributed by atoms with Crippen LogP contribution in [0.4, 0.5) is 5.82 Å². The molecule has 0 saturated carbocycles. The van der Waals surface area contributed by atoms with Gasteiger partial charge in [0.25, 0.3) is 0 Å². The maximum atomic E-state index is 5.94. The third kappa shape index (κ3) is 2.29.